The highest BCUT2D eigenvalue weighted by Crippen LogP contribution is 2.23. The monoisotopic (exact) mass is 390 g/mol. The fourth-order valence-corrected chi connectivity index (χ4v) is 2.65. The van der Waals surface area contributed by atoms with Crippen LogP contribution in [0.3, 0.4) is 0 Å². The molecule has 1 heterocycles. The third kappa shape index (κ3) is 5.36. The molecule has 4 nitrogen and oxygen atoms in total. The molecule has 0 radical (unpaired) electrons. The van der Waals surface area contributed by atoms with Gasteiger partial charge in [-0.25, -0.2) is 4.79 Å². The van der Waals surface area contributed by atoms with Crippen LogP contribution < -0.4 is 17.7 Å². The zero-order valence-electron chi connectivity index (χ0n) is 13.9. The SMILES string of the molecule is O=C(O)c1cccc(-c2ccc(CNCCc3ccc(Cl)cc3)o2)c1.[Cl-]. The number of carboxylic acids is 1. The topological polar surface area (TPSA) is 62.5 Å². The molecular weight excluding hydrogens is 373 g/mol. The van der Waals surface area contributed by atoms with Gasteiger partial charge in [0.2, 0.25) is 0 Å². The van der Waals surface area contributed by atoms with E-state index in [0.717, 1.165) is 29.3 Å². The van der Waals surface area contributed by atoms with Crippen LogP contribution in [0.1, 0.15) is 21.7 Å². The van der Waals surface area contributed by atoms with Gasteiger partial charge in [0.1, 0.15) is 11.5 Å². The van der Waals surface area contributed by atoms with E-state index in [4.69, 9.17) is 21.1 Å². The second-order valence-electron chi connectivity index (χ2n) is 5.71. The highest BCUT2D eigenvalue weighted by molar-refractivity contribution is 6.30. The first kappa shape index (κ1) is 20.0. The van der Waals surface area contributed by atoms with E-state index in [0.29, 0.717) is 12.3 Å². The minimum atomic E-state index is -0.947. The van der Waals surface area contributed by atoms with Gasteiger partial charge in [0.15, 0.2) is 0 Å². The van der Waals surface area contributed by atoms with Gasteiger partial charge in [-0.15, -0.1) is 0 Å². The summed E-state index contributed by atoms with van der Waals surface area (Å²) >= 11 is 5.87. The van der Waals surface area contributed by atoms with Crippen LogP contribution in [0.4, 0.5) is 0 Å². The van der Waals surface area contributed by atoms with Crippen LogP contribution in [-0.4, -0.2) is 17.6 Å². The van der Waals surface area contributed by atoms with E-state index in [1.54, 1.807) is 18.2 Å². The highest BCUT2D eigenvalue weighted by Gasteiger charge is 2.08. The number of carboxylic acid groups (broad SMARTS) is 1. The molecule has 136 valence electrons. The minimum Gasteiger partial charge on any atom is -1.00 e. The van der Waals surface area contributed by atoms with Crippen LogP contribution >= 0.6 is 11.6 Å². The number of hydrogen-bond donors (Lipinski definition) is 2. The van der Waals surface area contributed by atoms with Crippen LogP contribution in [0.2, 0.25) is 5.02 Å². The Hall–Kier alpha value is -2.27. The Morgan fingerprint density at radius 2 is 1.85 bits per heavy atom. The number of furan rings is 1. The maximum atomic E-state index is 11.1. The summed E-state index contributed by atoms with van der Waals surface area (Å²) in [6.07, 6.45) is 0.908. The Labute approximate surface area is 163 Å². The number of nitrogens with one attached hydrogen (secondary N) is 1. The van der Waals surface area contributed by atoms with Crippen molar-refractivity contribution in [3.63, 3.8) is 0 Å². The van der Waals surface area contributed by atoms with Crippen molar-refractivity contribution in [2.75, 3.05) is 6.54 Å². The molecule has 26 heavy (non-hydrogen) atoms. The van der Waals surface area contributed by atoms with Gasteiger partial charge in [0, 0.05) is 10.6 Å². The first-order chi connectivity index (χ1) is 12.1. The van der Waals surface area contributed by atoms with E-state index in [1.165, 1.54) is 5.56 Å². The first-order valence-electron chi connectivity index (χ1n) is 7.99. The van der Waals surface area contributed by atoms with E-state index in [1.807, 2.05) is 42.5 Å². The summed E-state index contributed by atoms with van der Waals surface area (Å²) in [5.74, 6) is 0.530. The molecule has 0 aliphatic heterocycles. The molecule has 6 heteroatoms. The number of rotatable bonds is 7. The minimum absolute atomic E-state index is 0. The molecule has 0 aliphatic carbocycles. The molecule has 2 aromatic carbocycles. The lowest BCUT2D eigenvalue weighted by Gasteiger charge is -2.04. The van der Waals surface area contributed by atoms with Crippen LogP contribution in [0.15, 0.2) is 65.1 Å². The quantitative estimate of drug-likeness (QED) is 0.602. The summed E-state index contributed by atoms with van der Waals surface area (Å²) in [4.78, 5) is 11.1. The second-order valence-corrected chi connectivity index (χ2v) is 6.14. The van der Waals surface area contributed by atoms with Gasteiger partial charge in [-0.05, 0) is 54.9 Å². The fourth-order valence-electron chi connectivity index (χ4n) is 2.53. The maximum Gasteiger partial charge on any atom is 0.335 e. The molecule has 0 saturated carbocycles. The second kappa shape index (κ2) is 9.43. The van der Waals surface area contributed by atoms with E-state index >= 15 is 0 Å². The Morgan fingerprint density at radius 3 is 2.58 bits per heavy atom. The number of aromatic carboxylic acids is 1. The molecule has 0 fully saturated rings. The van der Waals surface area contributed by atoms with Gasteiger partial charge in [-0.3, -0.25) is 0 Å². The summed E-state index contributed by atoms with van der Waals surface area (Å²) in [7, 11) is 0. The largest absolute Gasteiger partial charge is 1.00 e. The molecular formula is C20H18Cl2NO3-. The standard InChI is InChI=1S/C20H18ClNO3.ClH/c21-17-6-4-14(5-7-17)10-11-22-13-18-8-9-19(25-18)15-2-1-3-16(12-15)20(23)24;/h1-9,12,22H,10-11,13H2,(H,23,24);1H/p-1. The van der Waals surface area contributed by atoms with Crippen molar-refractivity contribution in [3.8, 4) is 11.3 Å². The molecule has 2 N–H and O–H groups in total. The Morgan fingerprint density at radius 1 is 1.08 bits per heavy atom. The van der Waals surface area contributed by atoms with Gasteiger partial charge in [0.05, 0.1) is 12.1 Å². The molecule has 0 aliphatic rings. The summed E-state index contributed by atoms with van der Waals surface area (Å²) in [6.45, 7) is 1.44. The van der Waals surface area contributed by atoms with Crippen molar-refractivity contribution in [1.29, 1.82) is 0 Å². The summed E-state index contributed by atoms with van der Waals surface area (Å²) in [6, 6.07) is 18.3. The highest BCUT2D eigenvalue weighted by atomic mass is 35.5. The summed E-state index contributed by atoms with van der Waals surface area (Å²) < 4.78 is 5.80. The number of carbonyl (C=O) groups is 1. The van der Waals surface area contributed by atoms with Crippen LogP contribution in [0.25, 0.3) is 11.3 Å². The van der Waals surface area contributed by atoms with Gasteiger partial charge in [-0.1, -0.05) is 35.9 Å². The number of hydrogen-bond acceptors (Lipinski definition) is 3. The van der Waals surface area contributed by atoms with Crippen molar-refractivity contribution in [3.05, 3.63) is 82.6 Å². The van der Waals surface area contributed by atoms with Crippen molar-refractivity contribution in [2.24, 2.45) is 0 Å². The van der Waals surface area contributed by atoms with E-state index in [-0.39, 0.29) is 18.0 Å². The van der Waals surface area contributed by atoms with Crippen LogP contribution in [0.5, 0.6) is 0 Å². The molecule has 1 aromatic heterocycles. The van der Waals surface area contributed by atoms with Crippen molar-refractivity contribution in [2.45, 2.75) is 13.0 Å². The molecule has 0 atom stereocenters. The van der Waals surface area contributed by atoms with Gasteiger partial charge < -0.3 is 27.2 Å². The Kier molecular flexibility index (Phi) is 7.27. The van der Waals surface area contributed by atoms with Crippen molar-refractivity contribution in [1.82, 2.24) is 5.32 Å². The lowest BCUT2D eigenvalue weighted by Crippen LogP contribution is -3.00. The zero-order chi connectivity index (χ0) is 17.6. The molecule has 3 aromatic rings. The summed E-state index contributed by atoms with van der Waals surface area (Å²) in [5.41, 5.74) is 2.23. The normalized spacial score (nSPS) is 10.3. The van der Waals surface area contributed by atoms with Crippen molar-refractivity contribution >= 4 is 17.6 Å². The van der Waals surface area contributed by atoms with E-state index in [9.17, 15) is 4.79 Å². The third-order valence-corrected chi connectivity index (χ3v) is 4.11. The lowest BCUT2D eigenvalue weighted by atomic mass is 10.1. The smallest absolute Gasteiger partial charge is 0.335 e. The maximum absolute atomic E-state index is 11.1. The van der Waals surface area contributed by atoms with E-state index < -0.39 is 5.97 Å². The Bertz CT molecular complexity index is 860. The first-order valence-corrected chi connectivity index (χ1v) is 8.37. The van der Waals surface area contributed by atoms with Gasteiger partial charge >= 0.3 is 5.97 Å². The molecule has 0 unspecified atom stereocenters. The number of halogens is 2. The van der Waals surface area contributed by atoms with Gasteiger partial charge in [-0.2, -0.15) is 0 Å². The molecule has 0 spiro atoms. The average molecular weight is 391 g/mol. The number of benzene rings is 2. The molecule has 0 saturated heterocycles. The predicted octanol–water partition coefficient (Wildman–Crippen LogP) is 1.63. The molecule has 3 rings (SSSR count). The zero-order valence-corrected chi connectivity index (χ0v) is 15.4. The van der Waals surface area contributed by atoms with E-state index in [2.05, 4.69) is 5.32 Å². The lowest BCUT2D eigenvalue weighted by molar-refractivity contribution is -0.0000210. The fraction of sp³-hybridized carbons (Fsp3) is 0.150. The molecule has 0 amide bonds. The predicted molar refractivity (Wildman–Crippen MR) is 98.0 cm³/mol. The van der Waals surface area contributed by atoms with Crippen LogP contribution in [-0.2, 0) is 13.0 Å². The Balaban J connectivity index is 0.00000243. The van der Waals surface area contributed by atoms with Crippen molar-refractivity contribution < 1.29 is 26.7 Å². The summed E-state index contributed by atoms with van der Waals surface area (Å²) in [5, 5.41) is 13.1. The van der Waals surface area contributed by atoms with Crippen LogP contribution in [0, 0.1) is 0 Å². The average Bonchev–Trinajstić information content (AvgIpc) is 3.09. The van der Waals surface area contributed by atoms with Gasteiger partial charge in [0.25, 0.3) is 0 Å². The molecule has 0 bridgehead atoms. The third-order valence-electron chi connectivity index (χ3n) is 3.86.